The topological polar surface area (TPSA) is 104 Å². The largest absolute Gasteiger partial charge is 0.477 e. The van der Waals surface area contributed by atoms with Crippen LogP contribution in [0.15, 0.2) is 30.3 Å². The number of carbonyl (C=O) groups is 1. The van der Waals surface area contributed by atoms with E-state index in [0.29, 0.717) is 0 Å². The van der Waals surface area contributed by atoms with Gasteiger partial charge in [-0.3, -0.25) is 14.9 Å². The van der Waals surface area contributed by atoms with Gasteiger partial charge in [0.1, 0.15) is 6.10 Å². The maximum Gasteiger partial charge on any atom is 0.416 e. The van der Waals surface area contributed by atoms with Gasteiger partial charge >= 0.3 is 6.18 Å². The molecule has 0 atom stereocenters. The number of nitro groups is 1. The number of nitrogens with zero attached hydrogens (tertiary/aromatic N) is 2. The molecule has 0 spiro atoms. The SMILES string of the molecule is O=C(NCCCOc1cc(C(F)(F)F)cc(OC2CCCC2)n1)c1cc([N+](=O)[O-])ccc1Cl. The van der Waals surface area contributed by atoms with Crippen molar-refractivity contribution in [3.63, 3.8) is 0 Å². The summed E-state index contributed by atoms with van der Waals surface area (Å²) in [5, 5.41) is 13.4. The normalized spacial score (nSPS) is 14.2. The number of nitro benzene ring substituents is 1. The van der Waals surface area contributed by atoms with Crippen molar-refractivity contribution >= 4 is 23.2 Å². The standard InChI is InChI=1S/C21H21ClF3N3O5/c22-17-7-6-14(28(30)31)12-16(17)20(29)26-8-3-9-32-18-10-13(21(23,24)25)11-19(27-18)33-15-4-1-2-5-15/h6-7,10-12,15H,1-5,8-9H2,(H,26,29). The molecular weight excluding hydrogens is 467 g/mol. The van der Waals surface area contributed by atoms with Crippen LogP contribution in [0.25, 0.3) is 0 Å². The molecule has 1 N–H and O–H groups in total. The summed E-state index contributed by atoms with van der Waals surface area (Å²) in [4.78, 5) is 26.5. The predicted molar refractivity (Wildman–Crippen MR) is 113 cm³/mol. The van der Waals surface area contributed by atoms with E-state index in [0.717, 1.165) is 43.9 Å². The summed E-state index contributed by atoms with van der Waals surface area (Å²) >= 11 is 5.92. The number of benzene rings is 1. The highest BCUT2D eigenvalue weighted by molar-refractivity contribution is 6.33. The van der Waals surface area contributed by atoms with Gasteiger partial charge in [-0.2, -0.15) is 18.2 Å². The molecule has 1 saturated carbocycles. The Balaban J connectivity index is 1.55. The molecule has 1 amide bonds. The van der Waals surface area contributed by atoms with Crippen molar-refractivity contribution in [3.05, 3.63) is 56.6 Å². The first-order chi connectivity index (χ1) is 15.6. The van der Waals surface area contributed by atoms with Crippen LogP contribution in [0, 0.1) is 10.1 Å². The van der Waals surface area contributed by atoms with Crippen LogP contribution in [0.4, 0.5) is 18.9 Å². The summed E-state index contributed by atoms with van der Waals surface area (Å²) in [6.07, 6.45) is -1.05. The fourth-order valence-electron chi connectivity index (χ4n) is 3.30. The van der Waals surface area contributed by atoms with E-state index in [4.69, 9.17) is 21.1 Å². The maximum absolute atomic E-state index is 13.2. The summed E-state index contributed by atoms with van der Waals surface area (Å²) in [6.45, 7) is 0.0718. The minimum absolute atomic E-state index is 0.0277. The Morgan fingerprint density at radius 1 is 1.21 bits per heavy atom. The summed E-state index contributed by atoms with van der Waals surface area (Å²) in [5.74, 6) is -0.987. The zero-order valence-electron chi connectivity index (χ0n) is 17.4. The summed E-state index contributed by atoms with van der Waals surface area (Å²) < 4.78 is 50.6. The molecule has 0 bridgehead atoms. The van der Waals surface area contributed by atoms with Crippen molar-refractivity contribution in [1.82, 2.24) is 10.3 Å². The van der Waals surface area contributed by atoms with Crippen LogP contribution in [0.1, 0.15) is 48.0 Å². The Bertz CT molecular complexity index is 1010. The number of nitrogens with one attached hydrogen (secondary N) is 1. The van der Waals surface area contributed by atoms with Gasteiger partial charge in [-0.1, -0.05) is 11.6 Å². The molecule has 1 heterocycles. The zero-order chi connectivity index (χ0) is 24.0. The molecule has 12 heteroatoms. The van der Waals surface area contributed by atoms with E-state index in [9.17, 15) is 28.1 Å². The minimum atomic E-state index is -4.58. The summed E-state index contributed by atoms with van der Waals surface area (Å²) in [5.41, 5.74) is -1.26. The van der Waals surface area contributed by atoms with Crippen molar-refractivity contribution in [1.29, 1.82) is 0 Å². The summed E-state index contributed by atoms with van der Waals surface area (Å²) in [7, 11) is 0. The molecule has 1 aromatic carbocycles. The van der Waals surface area contributed by atoms with Crippen LogP contribution < -0.4 is 14.8 Å². The van der Waals surface area contributed by atoms with Crippen LogP contribution in [0.3, 0.4) is 0 Å². The Labute approximate surface area is 192 Å². The third-order valence-corrected chi connectivity index (χ3v) is 5.29. The fraction of sp³-hybridized carbons (Fsp3) is 0.429. The number of hydrogen-bond acceptors (Lipinski definition) is 6. The van der Waals surface area contributed by atoms with Gasteiger partial charge in [0.05, 0.1) is 27.7 Å². The van der Waals surface area contributed by atoms with Gasteiger partial charge in [0, 0.05) is 30.8 Å². The molecule has 1 aliphatic carbocycles. The number of alkyl halides is 3. The zero-order valence-corrected chi connectivity index (χ0v) is 18.1. The van der Waals surface area contributed by atoms with Gasteiger partial charge in [0.2, 0.25) is 11.8 Å². The van der Waals surface area contributed by atoms with Crippen LogP contribution in [-0.4, -0.2) is 35.1 Å². The highest BCUT2D eigenvalue weighted by Gasteiger charge is 2.32. The van der Waals surface area contributed by atoms with E-state index in [2.05, 4.69) is 10.3 Å². The average Bonchev–Trinajstić information content (AvgIpc) is 3.25. The van der Waals surface area contributed by atoms with E-state index in [-0.39, 0.29) is 53.7 Å². The molecule has 0 radical (unpaired) electrons. The first kappa shape index (κ1) is 24.6. The van der Waals surface area contributed by atoms with Crippen molar-refractivity contribution in [2.75, 3.05) is 13.2 Å². The molecule has 1 aliphatic rings. The van der Waals surface area contributed by atoms with Crippen LogP contribution >= 0.6 is 11.6 Å². The smallest absolute Gasteiger partial charge is 0.416 e. The molecule has 0 saturated heterocycles. The fourth-order valence-corrected chi connectivity index (χ4v) is 3.51. The molecule has 2 aromatic rings. The van der Waals surface area contributed by atoms with Gasteiger partial charge in [0.25, 0.3) is 11.6 Å². The van der Waals surface area contributed by atoms with E-state index in [1.54, 1.807) is 0 Å². The van der Waals surface area contributed by atoms with Gasteiger partial charge in [-0.05, 0) is 38.2 Å². The maximum atomic E-state index is 13.2. The third-order valence-electron chi connectivity index (χ3n) is 4.96. The Hall–Kier alpha value is -3.08. The van der Waals surface area contributed by atoms with Gasteiger partial charge < -0.3 is 14.8 Å². The van der Waals surface area contributed by atoms with E-state index in [1.165, 1.54) is 12.1 Å². The quantitative estimate of drug-likeness (QED) is 0.297. The number of amides is 1. The van der Waals surface area contributed by atoms with E-state index < -0.39 is 22.6 Å². The Morgan fingerprint density at radius 2 is 1.91 bits per heavy atom. The predicted octanol–water partition coefficient (Wildman–Crippen LogP) is 5.18. The number of hydrogen-bond donors (Lipinski definition) is 1. The van der Waals surface area contributed by atoms with Gasteiger partial charge in [-0.15, -0.1) is 0 Å². The molecule has 0 unspecified atom stereocenters. The van der Waals surface area contributed by atoms with Crippen LogP contribution in [0.5, 0.6) is 11.8 Å². The van der Waals surface area contributed by atoms with Crippen molar-refractivity contribution in [2.24, 2.45) is 0 Å². The second-order valence-corrected chi connectivity index (χ2v) is 7.84. The van der Waals surface area contributed by atoms with Crippen LogP contribution in [-0.2, 0) is 6.18 Å². The lowest BCUT2D eigenvalue weighted by molar-refractivity contribution is -0.384. The first-order valence-corrected chi connectivity index (χ1v) is 10.6. The Morgan fingerprint density at radius 3 is 2.58 bits per heavy atom. The number of ether oxygens (including phenoxy) is 2. The highest BCUT2D eigenvalue weighted by atomic mass is 35.5. The minimum Gasteiger partial charge on any atom is -0.477 e. The molecule has 0 aliphatic heterocycles. The lowest BCUT2D eigenvalue weighted by Crippen LogP contribution is -2.26. The van der Waals surface area contributed by atoms with Crippen molar-refractivity contribution in [2.45, 2.75) is 44.4 Å². The second-order valence-electron chi connectivity index (χ2n) is 7.43. The average molecular weight is 488 g/mol. The van der Waals surface area contributed by atoms with Gasteiger partial charge in [-0.25, -0.2) is 0 Å². The number of pyridine rings is 1. The van der Waals surface area contributed by atoms with Crippen LogP contribution in [0.2, 0.25) is 5.02 Å². The van der Waals surface area contributed by atoms with E-state index in [1.807, 2.05) is 0 Å². The number of carbonyl (C=O) groups excluding carboxylic acids is 1. The third kappa shape index (κ3) is 6.95. The number of halogens is 4. The highest BCUT2D eigenvalue weighted by Crippen LogP contribution is 2.34. The molecule has 1 fully saturated rings. The molecular formula is C21H21ClF3N3O5. The number of aromatic nitrogens is 1. The van der Waals surface area contributed by atoms with Crippen molar-refractivity contribution in [3.8, 4) is 11.8 Å². The molecule has 178 valence electrons. The van der Waals surface area contributed by atoms with Gasteiger partial charge in [0.15, 0.2) is 0 Å². The lowest BCUT2D eigenvalue weighted by atomic mass is 10.2. The monoisotopic (exact) mass is 487 g/mol. The summed E-state index contributed by atoms with van der Waals surface area (Å²) in [6, 6.07) is 5.14. The number of rotatable bonds is 9. The molecule has 1 aromatic heterocycles. The lowest BCUT2D eigenvalue weighted by Gasteiger charge is -2.16. The first-order valence-electron chi connectivity index (χ1n) is 10.2. The molecule has 33 heavy (non-hydrogen) atoms. The molecule has 8 nitrogen and oxygen atoms in total. The van der Waals surface area contributed by atoms with E-state index >= 15 is 0 Å². The Kier molecular flexibility index (Phi) is 7.96. The van der Waals surface area contributed by atoms with Crippen molar-refractivity contribution < 1.29 is 32.4 Å². The number of non-ortho nitro benzene ring substituents is 1. The molecule has 3 rings (SSSR count). The second kappa shape index (κ2) is 10.7.